The number of aromatic hydroxyl groups is 1. The molecule has 1 aromatic rings. The summed E-state index contributed by atoms with van der Waals surface area (Å²) in [6.07, 6.45) is 6.37. The monoisotopic (exact) mass is 261 g/mol. The number of benzene rings is 1. The third-order valence-corrected chi connectivity index (χ3v) is 3.38. The highest BCUT2D eigenvalue weighted by Gasteiger charge is 2.23. The smallest absolute Gasteiger partial charge is 0.244 e. The summed E-state index contributed by atoms with van der Waals surface area (Å²) < 4.78 is 0. The van der Waals surface area contributed by atoms with Crippen LogP contribution in [0.15, 0.2) is 30.3 Å². The molecule has 4 heteroatoms. The van der Waals surface area contributed by atoms with Gasteiger partial charge in [-0.25, -0.2) is 0 Å². The Bertz CT molecular complexity index is 453. The van der Waals surface area contributed by atoms with Crippen molar-refractivity contribution in [3.05, 3.63) is 35.9 Å². The predicted molar refractivity (Wildman–Crippen MR) is 73.5 cm³/mol. The summed E-state index contributed by atoms with van der Waals surface area (Å²) in [6, 6.07) is 6.47. The number of hydrogen-bond acceptors (Lipinski definition) is 3. The van der Waals surface area contributed by atoms with E-state index >= 15 is 0 Å². The van der Waals surface area contributed by atoms with Gasteiger partial charge in [-0.05, 0) is 36.6 Å². The molecule has 1 saturated carbocycles. The lowest BCUT2D eigenvalue weighted by Crippen LogP contribution is -2.44. The molecule has 0 bridgehead atoms. The number of aliphatic hydroxyl groups is 1. The Morgan fingerprint density at radius 3 is 2.58 bits per heavy atom. The minimum atomic E-state index is -0.431. The fourth-order valence-electron chi connectivity index (χ4n) is 2.27. The first-order valence-corrected chi connectivity index (χ1v) is 6.61. The van der Waals surface area contributed by atoms with Crippen molar-refractivity contribution in [2.45, 2.75) is 37.8 Å². The Labute approximate surface area is 112 Å². The molecule has 3 N–H and O–H groups in total. The molecule has 0 saturated heterocycles. The summed E-state index contributed by atoms with van der Waals surface area (Å²) in [4.78, 5) is 11.7. The Kier molecular flexibility index (Phi) is 4.58. The van der Waals surface area contributed by atoms with E-state index in [4.69, 9.17) is 5.11 Å². The second kappa shape index (κ2) is 6.38. The number of rotatable bonds is 3. The van der Waals surface area contributed by atoms with Gasteiger partial charge in [-0.15, -0.1) is 0 Å². The van der Waals surface area contributed by atoms with Crippen LogP contribution in [0.3, 0.4) is 0 Å². The standard InChI is InChI=1S/C15H19NO3/c17-12-8-5-11(6-9-12)7-10-15(19)16-13-3-1-2-4-14(13)18/h5-10,13-14,17-18H,1-4H2,(H,16,19)/b10-7+. The molecule has 19 heavy (non-hydrogen) atoms. The zero-order chi connectivity index (χ0) is 13.7. The fraction of sp³-hybridized carbons (Fsp3) is 0.400. The molecule has 0 heterocycles. The quantitative estimate of drug-likeness (QED) is 0.727. The van der Waals surface area contributed by atoms with E-state index < -0.39 is 6.10 Å². The summed E-state index contributed by atoms with van der Waals surface area (Å²) in [6.45, 7) is 0. The lowest BCUT2D eigenvalue weighted by atomic mass is 9.92. The number of amides is 1. The predicted octanol–water partition coefficient (Wildman–Crippen LogP) is 1.83. The van der Waals surface area contributed by atoms with Gasteiger partial charge in [0.2, 0.25) is 5.91 Å². The molecule has 2 rings (SSSR count). The summed E-state index contributed by atoms with van der Waals surface area (Å²) >= 11 is 0. The van der Waals surface area contributed by atoms with Crippen molar-refractivity contribution in [3.63, 3.8) is 0 Å². The topological polar surface area (TPSA) is 69.6 Å². The van der Waals surface area contributed by atoms with Crippen LogP contribution in [0.2, 0.25) is 0 Å². The SMILES string of the molecule is O=C(/C=C/c1ccc(O)cc1)NC1CCCCC1O. The summed E-state index contributed by atoms with van der Waals surface area (Å²) in [7, 11) is 0. The Hall–Kier alpha value is -1.81. The lowest BCUT2D eigenvalue weighted by Gasteiger charge is -2.27. The number of phenolic OH excluding ortho intramolecular Hbond substituents is 1. The first-order chi connectivity index (χ1) is 9.15. The number of nitrogens with one attached hydrogen (secondary N) is 1. The molecule has 0 aliphatic heterocycles. The average molecular weight is 261 g/mol. The van der Waals surface area contributed by atoms with Gasteiger partial charge in [0.25, 0.3) is 0 Å². The molecule has 4 nitrogen and oxygen atoms in total. The maximum absolute atomic E-state index is 11.7. The van der Waals surface area contributed by atoms with Gasteiger partial charge in [0.05, 0.1) is 12.1 Å². The molecule has 0 aromatic heterocycles. The molecule has 0 spiro atoms. The molecule has 0 radical (unpaired) electrons. The van der Waals surface area contributed by atoms with Crippen molar-refractivity contribution in [1.82, 2.24) is 5.32 Å². The molecule has 2 atom stereocenters. The minimum Gasteiger partial charge on any atom is -0.508 e. The molecule has 102 valence electrons. The zero-order valence-corrected chi connectivity index (χ0v) is 10.7. The first-order valence-electron chi connectivity index (χ1n) is 6.61. The van der Waals surface area contributed by atoms with E-state index in [1.165, 1.54) is 6.08 Å². The first kappa shape index (κ1) is 13.6. The number of phenols is 1. The maximum Gasteiger partial charge on any atom is 0.244 e. The summed E-state index contributed by atoms with van der Waals surface area (Å²) in [5.41, 5.74) is 0.845. The van der Waals surface area contributed by atoms with E-state index in [1.807, 2.05) is 0 Å². The fourth-order valence-corrected chi connectivity index (χ4v) is 2.27. The molecule has 1 aliphatic rings. The minimum absolute atomic E-state index is 0.134. The van der Waals surface area contributed by atoms with Gasteiger partial charge in [0, 0.05) is 6.08 Å². The van der Waals surface area contributed by atoms with E-state index in [9.17, 15) is 9.90 Å². The van der Waals surface area contributed by atoms with Gasteiger partial charge in [0.1, 0.15) is 5.75 Å². The second-order valence-corrected chi connectivity index (χ2v) is 4.89. The molecular weight excluding hydrogens is 242 g/mol. The van der Waals surface area contributed by atoms with Crippen LogP contribution in [-0.4, -0.2) is 28.3 Å². The van der Waals surface area contributed by atoms with Crippen LogP contribution in [0.25, 0.3) is 6.08 Å². The maximum atomic E-state index is 11.7. The van der Waals surface area contributed by atoms with Crippen LogP contribution in [-0.2, 0) is 4.79 Å². The molecule has 1 aliphatic carbocycles. The van der Waals surface area contributed by atoms with Crippen molar-refractivity contribution < 1.29 is 15.0 Å². The molecular formula is C15H19NO3. The Morgan fingerprint density at radius 1 is 1.21 bits per heavy atom. The summed E-state index contributed by atoms with van der Waals surface area (Å²) in [5.74, 6) is 0.00551. The highest BCUT2D eigenvalue weighted by Crippen LogP contribution is 2.18. The number of carbonyl (C=O) groups is 1. The average Bonchev–Trinajstić information content (AvgIpc) is 2.41. The van der Waals surface area contributed by atoms with E-state index in [0.717, 1.165) is 31.2 Å². The van der Waals surface area contributed by atoms with Crippen LogP contribution in [0, 0.1) is 0 Å². The third kappa shape index (κ3) is 4.10. The van der Waals surface area contributed by atoms with Crippen LogP contribution < -0.4 is 5.32 Å². The molecule has 1 fully saturated rings. The highest BCUT2D eigenvalue weighted by atomic mass is 16.3. The van der Waals surface area contributed by atoms with E-state index in [1.54, 1.807) is 30.3 Å². The van der Waals surface area contributed by atoms with Crippen LogP contribution in [0.4, 0.5) is 0 Å². The number of hydrogen-bond donors (Lipinski definition) is 3. The normalized spacial score (nSPS) is 23.4. The number of carbonyl (C=O) groups excluding carboxylic acids is 1. The van der Waals surface area contributed by atoms with Gasteiger partial charge in [0.15, 0.2) is 0 Å². The van der Waals surface area contributed by atoms with Crippen LogP contribution in [0.1, 0.15) is 31.2 Å². The van der Waals surface area contributed by atoms with Gasteiger partial charge in [-0.3, -0.25) is 4.79 Å². The van der Waals surface area contributed by atoms with Gasteiger partial charge < -0.3 is 15.5 Å². The van der Waals surface area contributed by atoms with Crippen molar-refractivity contribution in [2.75, 3.05) is 0 Å². The Balaban J connectivity index is 1.88. The highest BCUT2D eigenvalue weighted by molar-refractivity contribution is 5.91. The van der Waals surface area contributed by atoms with E-state index in [-0.39, 0.29) is 17.7 Å². The molecule has 1 amide bonds. The van der Waals surface area contributed by atoms with E-state index in [2.05, 4.69) is 5.32 Å². The van der Waals surface area contributed by atoms with Crippen LogP contribution in [0.5, 0.6) is 5.75 Å². The van der Waals surface area contributed by atoms with Crippen molar-refractivity contribution in [3.8, 4) is 5.75 Å². The lowest BCUT2D eigenvalue weighted by molar-refractivity contribution is -0.118. The zero-order valence-electron chi connectivity index (χ0n) is 10.7. The molecule has 2 unspecified atom stereocenters. The molecule has 1 aromatic carbocycles. The van der Waals surface area contributed by atoms with Gasteiger partial charge in [-0.1, -0.05) is 25.0 Å². The largest absolute Gasteiger partial charge is 0.508 e. The third-order valence-electron chi connectivity index (χ3n) is 3.38. The van der Waals surface area contributed by atoms with Crippen molar-refractivity contribution >= 4 is 12.0 Å². The van der Waals surface area contributed by atoms with Gasteiger partial charge in [-0.2, -0.15) is 0 Å². The number of aliphatic hydroxyl groups excluding tert-OH is 1. The van der Waals surface area contributed by atoms with Gasteiger partial charge >= 0.3 is 0 Å². The van der Waals surface area contributed by atoms with E-state index in [0.29, 0.717) is 0 Å². The van der Waals surface area contributed by atoms with Crippen molar-refractivity contribution in [2.24, 2.45) is 0 Å². The second-order valence-electron chi connectivity index (χ2n) is 4.89. The van der Waals surface area contributed by atoms with Crippen LogP contribution >= 0.6 is 0 Å². The van der Waals surface area contributed by atoms with Crippen molar-refractivity contribution in [1.29, 1.82) is 0 Å². The Morgan fingerprint density at radius 2 is 1.89 bits per heavy atom. The summed E-state index contributed by atoms with van der Waals surface area (Å²) in [5, 5.41) is 21.7.